The van der Waals surface area contributed by atoms with Crippen molar-refractivity contribution in [1.29, 1.82) is 0 Å². The van der Waals surface area contributed by atoms with Gasteiger partial charge in [-0.05, 0) is 66.9 Å². The normalized spacial score (nSPS) is 15.0. The summed E-state index contributed by atoms with van der Waals surface area (Å²) < 4.78 is 0.233. The molecule has 2 aromatic carbocycles. The van der Waals surface area contributed by atoms with Crippen molar-refractivity contribution in [3.05, 3.63) is 73.7 Å². The number of carbonyl (C=O) groups excluding carboxylic acids is 1. The van der Waals surface area contributed by atoms with Gasteiger partial charge in [0.25, 0.3) is 11.5 Å². The molecule has 26 heavy (non-hydrogen) atoms. The summed E-state index contributed by atoms with van der Waals surface area (Å²) in [6.45, 7) is 0. The Balaban J connectivity index is 1.64. The topological polar surface area (TPSA) is 77.8 Å². The van der Waals surface area contributed by atoms with Gasteiger partial charge in [-0.25, -0.2) is 0 Å². The lowest BCUT2D eigenvalue weighted by molar-refractivity contribution is 0.0932. The number of aromatic nitrogens is 2. The molecule has 3 aromatic rings. The average Bonchev–Trinajstić information content (AvgIpc) is 3.44. The number of fused-ring (bicyclic) bond motifs is 1. The number of hydrogen-bond donors (Lipinski definition) is 3. The molecule has 0 spiro atoms. The first-order chi connectivity index (χ1) is 12.5. The van der Waals surface area contributed by atoms with E-state index in [-0.39, 0.29) is 22.3 Å². The van der Waals surface area contributed by atoms with E-state index in [1.165, 1.54) is 0 Å². The van der Waals surface area contributed by atoms with Crippen molar-refractivity contribution >= 4 is 40.6 Å². The number of rotatable bonds is 4. The monoisotopic (exact) mass is 385 g/mol. The molecule has 1 aromatic heterocycles. The molecule has 1 aliphatic carbocycles. The average molecular weight is 386 g/mol. The highest BCUT2D eigenvalue weighted by Gasteiger charge is 2.33. The molecular weight excluding hydrogens is 370 g/mol. The standard InChI is InChI=1S/C19H16ClN3O2S/c20-13-6-3-11(4-7-13)16(10-1-2-10)22-17(24)12-5-8-14-15(9-12)21-19(26)23-18(14)25/h3-10,16H,1-2H2,(H,22,24)(H2,21,23,25,26)/t16-/m1/s1. The van der Waals surface area contributed by atoms with Crippen LogP contribution in [0.1, 0.15) is 34.8 Å². The van der Waals surface area contributed by atoms with Crippen molar-refractivity contribution < 1.29 is 4.79 Å². The van der Waals surface area contributed by atoms with Crippen molar-refractivity contribution in [2.45, 2.75) is 18.9 Å². The van der Waals surface area contributed by atoms with Gasteiger partial charge in [-0.15, -0.1) is 0 Å². The van der Waals surface area contributed by atoms with Crippen molar-refractivity contribution in [2.75, 3.05) is 0 Å². The van der Waals surface area contributed by atoms with Crippen LogP contribution in [0.2, 0.25) is 5.02 Å². The number of H-pyrrole nitrogens is 2. The SMILES string of the molecule is O=C(N[C@@H](c1ccc(Cl)cc1)C1CC1)c1ccc2c(=O)[nH]c(=S)[nH]c2c1. The minimum atomic E-state index is -0.271. The van der Waals surface area contributed by atoms with Gasteiger partial charge in [0.2, 0.25) is 0 Å². The second-order valence-corrected chi connectivity index (χ2v) is 7.35. The Morgan fingerprint density at radius 3 is 2.58 bits per heavy atom. The molecule has 132 valence electrons. The van der Waals surface area contributed by atoms with Gasteiger partial charge in [-0.3, -0.25) is 14.6 Å². The zero-order valence-corrected chi connectivity index (χ0v) is 15.3. The first kappa shape index (κ1) is 17.0. The van der Waals surface area contributed by atoms with Gasteiger partial charge in [0.15, 0.2) is 4.77 Å². The third-order valence-corrected chi connectivity index (χ3v) is 5.07. The van der Waals surface area contributed by atoms with Crippen molar-refractivity contribution in [2.24, 2.45) is 5.92 Å². The zero-order valence-electron chi connectivity index (χ0n) is 13.7. The van der Waals surface area contributed by atoms with Gasteiger partial charge in [0.05, 0.1) is 16.9 Å². The number of benzene rings is 2. The van der Waals surface area contributed by atoms with E-state index < -0.39 is 0 Å². The highest BCUT2D eigenvalue weighted by molar-refractivity contribution is 7.71. The summed E-state index contributed by atoms with van der Waals surface area (Å²) in [5.74, 6) is 0.257. The van der Waals surface area contributed by atoms with Crippen LogP contribution in [0.4, 0.5) is 0 Å². The predicted molar refractivity (Wildman–Crippen MR) is 104 cm³/mol. The zero-order chi connectivity index (χ0) is 18.3. The molecule has 0 saturated heterocycles. The van der Waals surface area contributed by atoms with Crippen LogP contribution in [0, 0.1) is 10.7 Å². The quantitative estimate of drug-likeness (QED) is 0.591. The molecule has 1 amide bonds. The van der Waals surface area contributed by atoms with E-state index in [1.807, 2.05) is 24.3 Å². The predicted octanol–water partition coefficient (Wildman–Crippen LogP) is 4.12. The van der Waals surface area contributed by atoms with Gasteiger partial charge in [-0.1, -0.05) is 23.7 Å². The fourth-order valence-corrected chi connectivity index (χ4v) is 3.44. The Hall–Kier alpha value is -2.44. The summed E-state index contributed by atoms with van der Waals surface area (Å²) in [7, 11) is 0. The van der Waals surface area contributed by atoms with Gasteiger partial charge in [0.1, 0.15) is 0 Å². The van der Waals surface area contributed by atoms with Crippen LogP contribution in [0.5, 0.6) is 0 Å². The van der Waals surface area contributed by atoms with Gasteiger partial charge in [-0.2, -0.15) is 0 Å². The molecule has 7 heteroatoms. The van der Waals surface area contributed by atoms with Crippen molar-refractivity contribution in [3.8, 4) is 0 Å². The number of carbonyl (C=O) groups is 1. The Morgan fingerprint density at radius 1 is 1.15 bits per heavy atom. The first-order valence-corrected chi connectivity index (χ1v) is 9.12. The summed E-state index contributed by atoms with van der Waals surface area (Å²) >= 11 is 11.0. The Bertz CT molecular complexity index is 1100. The smallest absolute Gasteiger partial charge is 0.259 e. The first-order valence-electron chi connectivity index (χ1n) is 8.34. The molecule has 3 N–H and O–H groups in total. The van der Waals surface area contributed by atoms with E-state index >= 15 is 0 Å². The van der Waals surface area contributed by atoms with Crippen LogP contribution in [0.25, 0.3) is 10.9 Å². The molecule has 0 aliphatic heterocycles. The number of amides is 1. The van der Waals surface area contributed by atoms with Crippen LogP contribution in [0.3, 0.4) is 0 Å². The lowest BCUT2D eigenvalue weighted by atomic mass is 10.0. The highest BCUT2D eigenvalue weighted by Crippen LogP contribution is 2.41. The van der Waals surface area contributed by atoms with E-state index in [1.54, 1.807) is 18.2 Å². The molecule has 4 rings (SSSR count). The summed E-state index contributed by atoms with van der Waals surface area (Å²) in [4.78, 5) is 30.1. The number of halogens is 1. The van der Waals surface area contributed by atoms with Crippen LogP contribution >= 0.6 is 23.8 Å². The number of aromatic amines is 2. The van der Waals surface area contributed by atoms with E-state index in [4.69, 9.17) is 23.8 Å². The molecule has 0 unspecified atom stereocenters. The van der Waals surface area contributed by atoms with Crippen LogP contribution < -0.4 is 10.9 Å². The minimum absolute atomic E-state index is 0.0480. The summed E-state index contributed by atoms with van der Waals surface area (Å²) in [6.07, 6.45) is 2.18. The third-order valence-electron chi connectivity index (χ3n) is 4.61. The van der Waals surface area contributed by atoms with Crippen LogP contribution in [0.15, 0.2) is 47.3 Å². The fourth-order valence-electron chi connectivity index (χ4n) is 3.11. The largest absolute Gasteiger partial charge is 0.345 e. The van der Waals surface area contributed by atoms with E-state index in [0.717, 1.165) is 18.4 Å². The molecule has 1 saturated carbocycles. The molecule has 0 radical (unpaired) electrons. The minimum Gasteiger partial charge on any atom is -0.345 e. The van der Waals surface area contributed by atoms with Gasteiger partial charge < -0.3 is 10.3 Å². The lowest BCUT2D eigenvalue weighted by Crippen LogP contribution is -2.30. The molecule has 1 aliphatic rings. The Labute approximate surface area is 159 Å². The summed E-state index contributed by atoms with van der Waals surface area (Å²) in [5.41, 5.74) is 1.80. The van der Waals surface area contributed by atoms with Gasteiger partial charge >= 0.3 is 0 Å². The highest BCUT2D eigenvalue weighted by atomic mass is 35.5. The molecule has 1 atom stereocenters. The molecule has 0 bridgehead atoms. The van der Waals surface area contributed by atoms with Gasteiger partial charge in [0, 0.05) is 10.6 Å². The Morgan fingerprint density at radius 2 is 1.88 bits per heavy atom. The van der Waals surface area contributed by atoms with Crippen molar-refractivity contribution in [3.63, 3.8) is 0 Å². The maximum absolute atomic E-state index is 12.8. The molecular formula is C19H16ClN3O2S. The molecule has 1 heterocycles. The third kappa shape index (κ3) is 3.43. The second kappa shape index (κ2) is 6.70. The molecule has 5 nitrogen and oxygen atoms in total. The van der Waals surface area contributed by atoms with E-state index in [9.17, 15) is 9.59 Å². The fraction of sp³-hybridized carbons (Fsp3) is 0.211. The van der Waals surface area contributed by atoms with Crippen LogP contribution in [-0.4, -0.2) is 15.9 Å². The van der Waals surface area contributed by atoms with Crippen LogP contribution in [-0.2, 0) is 0 Å². The number of hydrogen-bond acceptors (Lipinski definition) is 3. The second-order valence-electron chi connectivity index (χ2n) is 6.51. The summed E-state index contributed by atoms with van der Waals surface area (Å²) in [6, 6.07) is 12.4. The number of nitrogens with one attached hydrogen (secondary N) is 3. The van der Waals surface area contributed by atoms with E-state index in [2.05, 4.69) is 15.3 Å². The Kier molecular flexibility index (Phi) is 4.38. The summed E-state index contributed by atoms with van der Waals surface area (Å²) in [5, 5.41) is 4.25. The molecule has 1 fully saturated rings. The maximum atomic E-state index is 12.8. The maximum Gasteiger partial charge on any atom is 0.259 e. The lowest BCUT2D eigenvalue weighted by Gasteiger charge is -2.19. The van der Waals surface area contributed by atoms with Crippen molar-refractivity contribution in [1.82, 2.24) is 15.3 Å². The van der Waals surface area contributed by atoms with E-state index in [0.29, 0.717) is 27.4 Å².